The fraction of sp³-hybridized carbons (Fsp3) is 0.929. The Kier molecular flexibility index (Phi) is 7.58. The van der Waals surface area contributed by atoms with Crippen molar-refractivity contribution >= 4 is 28.3 Å². The van der Waals surface area contributed by atoms with Gasteiger partial charge in [0.15, 0.2) is 0 Å². The predicted octanol–water partition coefficient (Wildman–Crippen LogP) is 0.856. The van der Waals surface area contributed by atoms with Crippen LogP contribution in [0.4, 0.5) is 0 Å². The number of nitrogens with zero attached hydrogens (tertiary/aromatic N) is 1. The zero-order chi connectivity index (χ0) is 15.5. The minimum atomic E-state index is -3.41. The van der Waals surface area contributed by atoms with Crippen LogP contribution in [0.5, 0.6) is 0 Å². The van der Waals surface area contributed by atoms with E-state index in [0.29, 0.717) is 19.5 Å². The standard InChI is InChI=1S/C14H27N3O3S.ClH/c1-11(9-15)16-21(19,20)13-7-4-8-17(10-13)14(18)12-5-2-3-6-12;/h11-13,16H,2-10,15H2,1H3;1H/t11-,13?;/m0./s1. The molecular formula is C14H28ClN3O3S. The molecule has 3 N–H and O–H groups in total. The summed E-state index contributed by atoms with van der Waals surface area (Å²) in [5, 5.41) is -0.509. The van der Waals surface area contributed by atoms with Crippen LogP contribution in [-0.2, 0) is 14.8 Å². The van der Waals surface area contributed by atoms with Crippen molar-refractivity contribution in [1.29, 1.82) is 0 Å². The average molecular weight is 354 g/mol. The molecule has 8 heteroatoms. The average Bonchev–Trinajstić information content (AvgIpc) is 3.00. The molecule has 1 saturated heterocycles. The van der Waals surface area contributed by atoms with E-state index in [9.17, 15) is 13.2 Å². The molecule has 2 fully saturated rings. The summed E-state index contributed by atoms with van der Waals surface area (Å²) in [6.07, 6.45) is 5.50. The molecule has 0 spiro atoms. The van der Waals surface area contributed by atoms with E-state index < -0.39 is 15.3 Å². The van der Waals surface area contributed by atoms with Gasteiger partial charge >= 0.3 is 0 Å². The van der Waals surface area contributed by atoms with Crippen molar-refractivity contribution in [2.24, 2.45) is 11.7 Å². The van der Waals surface area contributed by atoms with Crippen LogP contribution in [0.25, 0.3) is 0 Å². The lowest BCUT2D eigenvalue weighted by Crippen LogP contribution is -2.51. The number of hydrogen-bond donors (Lipinski definition) is 2. The smallest absolute Gasteiger partial charge is 0.225 e. The molecular weight excluding hydrogens is 326 g/mol. The number of nitrogens with one attached hydrogen (secondary N) is 1. The van der Waals surface area contributed by atoms with E-state index in [4.69, 9.17) is 5.73 Å². The zero-order valence-corrected chi connectivity index (χ0v) is 14.8. The Hall–Kier alpha value is -0.370. The van der Waals surface area contributed by atoms with Crippen LogP contribution < -0.4 is 10.5 Å². The number of rotatable bonds is 5. The second kappa shape index (κ2) is 8.47. The third-order valence-electron chi connectivity index (χ3n) is 4.55. The van der Waals surface area contributed by atoms with Crippen molar-refractivity contribution < 1.29 is 13.2 Å². The summed E-state index contributed by atoms with van der Waals surface area (Å²) in [6.45, 7) is 3.04. The highest BCUT2D eigenvalue weighted by molar-refractivity contribution is 7.90. The fourth-order valence-electron chi connectivity index (χ4n) is 3.25. The quantitative estimate of drug-likeness (QED) is 0.766. The van der Waals surface area contributed by atoms with Gasteiger partial charge in [-0.2, -0.15) is 0 Å². The van der Waals surface area contributed by atoms with Gasteiger partial charge in [0.2, 0.25) is 15.9 Å². The lowest BCUT2D eigenvalue weighted by molar-refractivity contribution is -0.136. The Balaban J connectivity index is 0.00000242. The van der Waals surface area contributed by atoms with Crippen LogP contribution in [0.15, 0.2) is 0 Å². The van der Waals surface area contributed by atoms with Crippen molar-refractivity contribution in [3.63, 3.8) is 0 Å². The minimum Gasteiger partial charge on any atom is -0.341 e. The molecule has 1 aliphatic heterocycles. The largest absolute Gasteiger partial charge is 0.341 e. The van der Waals surface area contributed by atoms with E-state index in [1.807, 2.05) is 0 Å². The molecule has 1 aliphatic carbocycles. The number of nitrogens with two attached hydrogens (primary N) is 1. The Morgan fingerprint density at radius 2 is 1.91 bits per heavy atom. The normalized spacial score (nSPS) is 24.8. The van der Waals surface area contributed by atoms with Gasteiger partial charge in [-0.25, -0.2) is 13.1 Å². The van der Waals surface area contributed by atoms with Crippen LogP contribution >= 0.6 is 12.4 Å². The fourth-order valence-corrected chi connectivity index (χ4v) is 4.95. The van der Waals surface area contributed by atoms with Gasteiger partial charge in [0.1, 0.15) is 0 Å². The first-order valence-corrected chi connectivity index (χ1v) is 9.48. The lowest BCUT2D eigenvalue weighted by Gasteiger charge is -2.34. The van der Waals surface area contributed by atoms with Gasteiger partial charge in [0.05, 0.1) is 5.25 Å². The maximum atomic E-state index is 12.4. The zero-order valence-electron chi connectivity index (χ0n) is 13.2. The highest BCUT2D eigenvalue weighted by atomic mass is 35.5. The number of carbonyl (C=O) groups excluding carboxylic acids is 1. The maximum Gasteiger partial charge on any atom is 0.225 e. The van der Waals surface area contributed by atoms with Crippen LogP contribution in [0.3, 0.4) is 0 Å². The third kappa shape index (κ3) is 4.81. The van der Waals surface area contributed by atoms with Crippen molar-refractivity contribution in [1.82, 2.24) is 9.62 Å². The number of sulfonamides is 1. The van der Waals surface area contributed by atoms with E-state index >= 15 is 0 Å². The summed E-state index contributed by atoms with van der Waals surface area (Å²) >= 11 is 0. The molecule has 0 aromatic heterocycles. The predicted molar refractivity (Wildman–Crippen MR) is 89.4 cm³/mol. The van der Waals surface area contributed by atoms with Gasteiger partial charge in [-0.15, -0.1) is 12.4 Å². The molecule has 2 atom stereocenters. The van der Waals surface area contributed by atoms with Crippen molar-refractivity contribution in [3.05, 3.63) is 0 Å². The number of halogens is 1. The number of likely N-dealkylation sites (tertiary alicyclic amines) is 1. The maximum absolute atomic E-state index is 12.4. The summed E-state index contributed by atoms with van der Waals surface area (Å²) in [5.74, 6) is 0.265. The summed E-state index contributed by atoms with van der Waals surface area (Å²) in [4.78, 5) is 14.2. The van der Waals surface area contributed by atoms with E-state index in [2.05, 4.69) is 4.72 Å². The summed E-state index contributed by atoms with van der Waals surface area (Å²) in [5.41, 5.74) is 5.48. The van der Waals surface area contributed by atoms with Crippen LogP contribution in [0, 0.1) is 5.92 Å². The molecule has 1 amide bonds. The Labute approximate surface area is 139 Å². The molecule has 0 bridgehead atoms. The van der Waals surface area contributed by atoms with Gasteiger partial charge in [-0.05, 0) is 32.6 Å². The minimum absolute atomic E-state index is 0. The molecule has 2 rings (SSSR count). The second-order valence-electron chi connectivity index (χ2n) is 6.33. The lowest BCUT2D eigenvalue weighted by atomic mass is 10.0. The Morgan fingerprint density at radius 1 is 1.27 bits per heavy atom. The summed E-state index contributed by atoms with van der Waals surface area (Å²) < 4.78 is 27.3. The topological polar surface area (TPSA) is 92.5 Å². The molecule has 1 heterocycles. The Morgan fingerprint density at radius 3 is 2.50 bits per heavy atom. The summed E-state index contributed by atoms with van der Waals surface area (Å²) in [7, 11) is -3.41. The van der Waals surface area contributed by atoms with Gasteiger partial charge < -0.3 is 10.6 Å². The SMILES string of the molecule is C[C@@H](CN)NS(=O)(=O)C1CCCN(C(=O)C2CCCC2)C1.Cl. The first-order chi connectivity index (χ1) is 9.94. The molecule has 130 valence electrons. The number of amides is 1. The third-order valence-corrected chi connectivity index (χ3v) is 6.55. The molecule has 1 unspecified atom stereocenters. The van der Waals surface area contributed by atoms with Crippen molar-refractivity contribution in [3.8, 4) is 0 Å². The highest BCUT2D eigenvalue weighted by Gasteiger charge is 2.35. The van der Waals surface area contributed by atoms with Crippen LogP contribution in [0.1, 0.15) is 45.4 Å². The first kappa shape index (κ1) is 19.7. The monoisotopic (exact) mass is 353 g/mol. The van der Waals surface area contributed by atoms with Crippen molar-refractivity contribution in [2.75, 3.05) is 19.6 Å². The molecule has 0 aromatic rings. The number of piperidine rings is 1. The van der Waals surface area contributed by atoms with Gasteiger partial charge in [-0.1, -0.05) is 12.8 Å². The molecule has 1 saturated carbocycles. The van der Waals surface area contributed by atoms with Gasteiger partial charge in [-0.3, -0.25) is 4.79 Å². The van der Waals surface area contributed by atoms with E-state index in [1.54, 1.807) is 11.8 Å². The second-order valence-corrected chi connectivity index (χ2v) is 8.32. The van der Waals surface area contributed by atoms with E-state index in [0.717, 1.165) is 32.1 Å². The number of hydrogen-bond acceptors (Lipinski definition) is 4. The molecule has 6 nitrogen and oxygen atoms in total. The number of carbonyl (C=O) groups is 1. The first-order valence-electron chi connectivity index (χ1n) is 7.94. The molecule has 0 aromatic carbocycles. The molecule has 22 heavy (non-hydrogen) atoms. The van der Waals surface area contributed by atoms with Gasteiger partial charge in [0.25, 0.3) is 0 Å². The van der Waals surface area contributed by atoms with E-state index in [-0.39, 0.29) is 36.8 Å². The molecule has 2 aliphatic rings. The van der Waals surface area contributed by atoms with Crippen molar-refractivity contribution in [2.45, 2.75) is 56.7 Å². The van der Waals surface area contributed by atoms with Gasteiger partial charge in [0, 0.05) is 31.6 Å². The Bertz CT molecular complexity index is 466. The van der Waals surface area contributed by atoms with Crippen LogP contribution in [-0.4, -0.2) is 50.2 Å². The molecule has 0 radical (unpaired) electrons. The van der Waals surface area contributed by atoms with Crippen LogP contribution in [0.2, 0.25) is 0 Å². The van der Waals surface area contributed by atoms with E-state index in [1.165, 1.54) is 0 Å². The highest BCUT2D eigenvalue weighted by Crippen LogP contribution is 2.28. The summed E-state index contributed by atoms with van der Waals surface area (Å²) in [6, 6.07) is -0.268.